The lowest BCUT2D eigenvalue weighted by Gasteiger charge is -2.11. The van der Waals surface area contributed by atoms with Crippen LogP contribution >= 0.6 is 43.5 Å². The van der Waals surface area contributed by atoms with Gasteiger partial charge in [-0.05, 0) is 75.9 Å². The van der Waals surface area contributed by atoms with Crippen molar-refractivity contribution in [3.05, 3.63) is 102 Å². The van der Waals surface area contributed by atoms with E-state index < -0.39 is 0 Å². The minimum atomic E-state index is -0.304. The lowest BCUT2D eigenvalue weighted by atomic mass is 10.2. The van der Waals surface area contributed by atoms with E-state index in [1.54, 1.807) is 36.5 Å². The highest BCUT2D eigenvalue weighted by Gasteiger charge is 2.12. The van der Waals surface area contributed by atoms with Gasteiger partial charge >= 0.3 is 0 Å². The number of halogens is 4. The van der Waals surface area contributed by atoms with Crippen molar-refractivity contribution in [1.29, 1.82) is 0 Å². The molecule has 4 rings (SSSR count). The fourth-order valence-corrected chi connectivity index (χ4v) is 4.70. The maximum atomic E-state index is 13.1. The molecule has 0 amide bonds. The van der Waals surface area contributed by atoms with Crippen molar-refractivity contribution >= 4 is 60.6 Å². The van der Waals surface area contributed by atoms with Gasteiger partial charge in [-0.15, -0.1) is 0 Å². The van der Waals surface area contributed by atoms with E-state index in [1.807, 2.05) is 19.1 Å². The van der Waals surface area contributed by atoms with Crippen molar-refractivity contribution in [2.45, 2.75) is 26.4 Å². The first-order chi connectivity index (χ1) is 16.4. The van der Waals surface area contributed by atoms with Crippen LogP contribution in [0.1, 0.15) is 30.3 Å². The average molecular weight is 608 g/mol. The molecular weight excluding hydrogens is 589 g/mol. The number of aromatic nitrogens is 2. The molecular formula is C25H19Br2ClFN3O2. The molecule has 1 aromatic heterocycles. The zero-order valence-electron chi connectivity index (χ0n) is 18.1. The van der Waals surface area contributed by atoms with Crippen LogP contribution in [0.4, 0.5) is 4.39 Å². The summed E-state index contributed by atoms with van der Waals surface area (Å²) in [6.07, 6.45) is 2.99. The van der Waals surface area contributed by atoms with Crippen LogP contribution < -0.4 is 10.3 Å². The lowest BCUT2D eigenvalue weighted by Crippen LogP contribution is -2.22. The van der Waals surface area contributed by atoms with Crippen LogP contribution in [0.15, 0.2) is 73.4 Å². The van der Waals surface area contributed by atoms with E-state index in [4.69, 9.17) is 16.3 Å². The third-order valence-electron chi connectivity index (χ3n) is 4.99. The maximum Gasteiger partial charge on any atom is 0.282 e. The molecule has 0 saturated heterocycles. The van der Waals surface area contributed by atoms with Gasteiger partial charge in [-0.3, -0.25) is 4.79 Å². The molecule has 0 aliphatic carbocycles. The Balaban J connectivity index is 1.63. The standard InChI is InChI=1S/C25H19Br2ClFN3O2/c1-2-3-23-31-22-9-6-17(26)12-19(22)25(33)32(23)30-13-16-10-20(27)24(21(28)11-16)34-14-15-4-7-18(29)8-5-15/h4-13H,2-3,14H2,1H3. The Kier molecular flexibility index (Phi) is 7.80. The molecule has 0 atom stereocenters. The second-order valence-electron chi connectivity index (χ2n) is 7.53. The number of ether oxygens (including phenoxy) is 1. The Morgan fingerprint density at radius 3 is 2.62 bits per heavy atom. The van der Waals surface area contributed by atoms with Crippen molar-refractivity contribution in [2.24, 2.45) is 5.10 Å². The first kappa shape index (κ1) is 24.6. The van der Waals surface area contributed by atoms with Gasteiger partial charge in [0.1, 0.15) is 18.2 Å². The second-order valence-corrected chi connectivity index (χ2v) is 9.71. The van der Waals surface area contributed by atoms with E-state index in [1.165, 1.54) is 16.8 Å². The second kappa shape index (κ2) is 10.8. The molecule has 0 bridgehead atoms. The van der Waals surface area contributed by atoms with E-state index in [2.05, 4.69) is 41.9 Å². The predicted molar refractivity (Wildman–Crippen MR) is 141 cm³/mol. The first-order valence-electron chi connectivity index (χ1n) is 10.5. The van der Waals surface area contributed by atoms with Gasteiger partial charge in [0.05, 0.1) is 26.6 Å². The molecule has 9 heteroatoms. The van der Waals surface area contributed by atoms with Crippen LogP contribution in [-0.2, 0) is 13.0 Å². The fourth-order valence-electron chi connectivity index (χ4n) is 3.35. The number of fused-ring (bicyclic) bond motifs is 1. The van der Waals surface area contributed by atoms with Crippen LogP contribution in [-0.4, -0.2) is 15.9 Å². The van der Waals surface area contributed by atoms with Gasteiger partial charge in [-0.2, -0.15) is 9.78 Å². The van der Waals surface area contributed by atoms with Crippen LogP contribution in [0.25, 0.3) is 10.9 Å². The van der Waals surface area contributed by atoms with Gasteiger partial charge < -0.3 is 4.74 Å². The zero-order chi connectivity index (χ0) is 24.2. The van der Waals surface area contributed by atoms with Crippen LogP contribution in [0, 0.1) is 5.82 Å². The Morgan fingerprint density at radius 2 is 1.91 bits per heavy atom. The number of hydrogen-bond donors (Lipinski definition) is 0. The topological polar surface area (TPSA) is 56.5 Å². The molecule has 0 aliphatic heterocycles. The van der Waals surface area contributed by atoms with Crippen molar-refractivity contribution in [1.82, 2.24) is 9.66 Å². The minimum absolute atomic E-state index is 0.236. The van der Waals surface area contributed by atoms with E-state index in [0.29, 0.717) is 44.0 Å². The summed E-state index contributed by atoms with van der Waals surface area (Å²) in [7, 11) is 0. The summed E-state index contributed by atoms with van der Waals surface area (Å²) in [5.74, 6) is 0.745. The van der Waals surface area contributed by atoms with Crippen LogP contribution in [0.3, 0.4) is 0 Å². The van der Waals surface area contributed by atoms with Crippen molar-refractivity contribution in [2.75, 3.05) is 0 Å². The Hall–Kier alpha value is -2.55. The van der Waals surface area contributed by atoms with Gasteiger partial charge in [0.25, 0.3) is 5.56 Å². The Bertz CT molecular complexity index is 1420. The highest BCUT2D eigenvalue weighted by molar-refractivity contribution is 9.10. The van der Waals surface area contributed by atoms with Crippen LogP contribution in [0.2, 0.25) is 5.02 Å². The highest BCUT2D eigenvalue weighted by atomic mass is 79.9. The Morgan fingerprint density at radius 1 is 1.15 bits per heavy atom. The van der Waals surface area contributed by atoms with Crippen molar-refractivity contribution in [3.8, 4) is 5.75 Å². The molecule has 0 unspecified atom stereocenters. The molecule has 4 aromatic rings. The zero-order valence-corrected chi connectivity index (χ0v) is 22.0. The number of nitrogens with zero attached hydrogens (tertiary/aromatic N) is 3. The molecule has 0 saturated carbocycles. The molecule has 0 N–H and O–H groups in total. The quantitative estimate of drug-likeness (QED) is 0.210. The van der Waals surface area contributed by atoms with E-state index in [0.717, 1.165) is 16.5 Å². The largest absolute Gasteiger partial charge is 0.486 e. The summed E-state index contributed by atoms with van der Waals surface area (Å²) in [6, 6.07) is 15.0. The van der Waals surface area contributed by atoms with E-state index in [-0.39, 0.29) is 18.0 Å². The fraction of sp³-hybridized carbons (Fsp3) is 0.160. The van der Waals surface area contributed by atoms with Crippen molar-refractivity contribution < 1.29 is 9.13 Å². The molecule has 174 valence electrons. The number of hydrogen-bond acceptors (Lipinski definition) is 4. The van der Waals surface area contributed by atoms with Gasteiger partial charge in [0, 0.05) is 10.9 Å². The smallest absolute Gasteiger partial charge is 0.282 e. The van der Waals surface area contributed by atoms with Gasteiger partial charge in [0.2, 0.25) is 0 Å². The predicted octanol–water partition coefficient (Wildman–Crippen LogP) is 7.13. The maximum absolute atomic E-state index is 13.1. The molecule has 0 aliphatic rings. The molecule has 5 nitrogen and oxygen atoms in total. The summed E-state index contributed by atoms with van der Waals surface area (Å²) in [5.41, 5.74) is 1.88. The van der Waals surface area contributed by atoms with Gasteiger partial charge in [-0.25, -0.2) is 9.37 Å². The van der Waals surface area contributed by atoms with Crippen LogP contribution in [0.5, 0.6) is 5.75 Å². The monoisotopic (exact) mass is 605 g/mol. The van der Waals surface area contributed by atoms with Gasteiger partial charge in [-0.1, -0.05) is 46.6 Å². The minimum Gasteiger partial charge on any atom is -0.486 e. The third kappa shape index (κ3) is 5.56. The summed E-state index contributed by atoms with van der Waals surface area (Å²) in [5, 5.41) is 5.29. The van der Waals surface area contributed by atoms with E-state index >= 15 is 0 Å². The molecule has 3 aromatic carbocycles. The number of benzene rings is 3. The molecule has 0 fully saturated rings. The summed E-state index contributed by atoms with van der Waals surface area (Å²) >= 11 is 13.3. The molecule has 0 radical (unpaired) electrons. The molecule has 34 heavy (non-hydrogen) atoms. The third-order valence-corrected chi connectivity index (χ3v) is 6.35. The summed E-state index contributed by atoms with van der Waals surface area (Å²) < 4.78 is 21.7. The SMILES string of the molecule is CCCc1nc2ccc(Br)cc2c(=O)n1N=Cc1cc(Cl)c(OCc2ccc(F)cc2)c(Br)c1. The average Bonchev–Trinajstić information content (AvgIpc) is 2.80. The van der Waals surface area contributed by atoms with E-state index in [9.17, 15) is 9.18 Å². The lowest BCUT2D eigenvalue weighted by molar-refractivity contribution is 0.304. The highest BCUT2D eigenvalue weighted by Crippen LogP contribution is 2.34. The van der Waals surface area contributed by atoms with Gasteiger partial charge in [0.15, 0.2) is 5.75 Å². The molecule has 1 heterocycles. The van der Waals surface area contributed by atoms with Crippen molar-refractivity contribution in [3.63, 3.8) is 0 Å². The summed E-state index contributed by atoms with van der Waals surface area (Å²) in [6.45, 7) is 2.26. The normalized spacial score (nSPS) is 11.4. The number of rotatable bonds is 7. The Labute approximate surface area is 217 Å². The first-order valence-corrected chi connectivity index (χ1v) is 12.4. The summed E-state index contributed by atoms with van der Waals surface area (Å²) in [4.78, 5) is 17.8. The number of aryl methyl sites for hydroxylation is 1. The molecule has 0 spiro atoms.